The Hall–Kier alpha value is -1.06. The van der Waals surface area contributed by atoms with E-state index in [2.05, 4.69) is 4.98 Å². The number of halogens is 2. The smallest absolute Gasteiger partial charge is 0.168 e. The topological polar surface area (TPSA) is 34.4 Å². The number of carbonyl (C=O) groups excluding carboxylic acids is 1. The first-order chi connectivity index (χ1) is 6.24. The van der Waals surface area contributed by atoms with E-state index in [1.165, 1.54) is 6.33 Å². The van der Waals surface area contributed by atoms with Crippen LogP contribution in [-0.4, -0.2) is 15.7 Å². The van der Waals surface area contributed by atoms with E-state index in [0.29, 0.717) is 17.0 Å². The van der Waals surface area contributed by atoms with Crippen LogP contribution in [0.2, 0.25) is 10.0 Å². The molecule has 5 heteroatoms. The van der Waals surface area contributed by atoms with E-state index in [4.69, 9.17) is 23.2 Å². The largest absolute Gasteiger partial charge is 0.296 e. The number of pyridine rings is 1. The first-order valence-electron chi connectivity index (χ1n) is 3.49. The maximum atomic E-state index is 10.7. The first-order valence-corrected chi connectivity index (χ1v) is 4.25. The molecule has 0 N–H and O–H groups in total. The summed E-state index contributed by atoms with van der Waals surface area (Å²) >= 11 is 11.6. The minimum atomic E-state index is 0.252. The monoisotopic (exact) mass is 214 g/mol. The van der Waals surface area contributed by atoms with Gasteiger partial charge in [-0.1, -0.05) is 23.2 Å². The second-order valence-corrected chi connectivity index (χ2v) is 3.28. The van der Waals surface area contributed by atoms with Crippen LogP contribution in [0, 0.1) is 0 Å². The highest BCUT2D eigenvalue weighted by molar-refractivity contribution is 6.43. The zero-order valence-electron chi connectivity index (χ0n) is 6.37. The number of fused-ring (bicyclic) bond motifs is 1. The van der Waals surface area contributed by atoms with Gasteiger partial charge in [-0.3, -0.25) is 9.20 Å². The highest BCUT2D eigenvalue weighted by Gasteiger charge is 2.09. The fourth-order valence-electron chi connectivity index (χ4n) is 1.14. The predicted molar refractivity (Wildman–Crippen MR) is 50.6 cm³/mol. The second-order valence-electron chi connectivity index (χ2n) is 2.50. The van der Waals surface area contributed by atoms with Gasteiger partial charge in [0.1, 0.15) is 5.69 Å². The number of nitrogens with zero attached hydrogens (tertiary/aromatic N) is 2. The van der Waals surface area contributed by atoms with Gasteiger partial charge < -0.3 is 0 Å². The molecule has 2 rings (SSSR count). The molecule has 0 aliphatic rings. The summed E-state index contributed by atoms with van der Waals surface area (Å²) in [6.07, 6.45) is 3.78. The summed E-state index contributed by atoms with van der Waals surface area (Å²) in [7, 11) is 0. The molecule has 0 spiro atoms. The summed E-state index contributed by atoms with van der Waals surface area (Å²) in [5, 5.41) is 0.610. The van der Waals surface area contributed by atoms with Gasteiger partial charge in [0, 0.05) is 0 Å². The molecule has 0 aliphatic heterocycles. The van der Waals surface area contributed by atoms with Crippen molar-refractivity contribution in [3.8, 4) is 0 Å². The molecule has 0 fully saturated rings. The Balaban J connectivity index is 2.95. The average Bonchev–Trinajstić information content (AvgIpc) is 2.54. The number of carbonyl (C=O) groups is 1. The predicted octanol–water partition coefficient (Wildman–Crippen LogP) is 2.45. The van der Waals surface area contributed by atoms with Crippen LogP contribution in [0.1, 0.15) is 10.5 Å². The van der Waals surface area contributed by atoms with Gasteiger partial charge in [0.2, 0.25) is 0 Å². The van der Waals surface area contributed by atoms with Gasteiger partial charge in [0.15, 0.2) is 6.29 Å². The summed E-state index contributed by atoms with van der Waals surface area (Å²) in [5.41, 5.74) is 1.07. The lowest BCUT2D eigenvalue weighted by molar-refractivity contribution is 0.111. The molecular formula is C8H4Cl2N2O. The zero-order chi connectivity index (χ0) is 9.42. The van der Waals surface area contributed by atoms with Gasteiger partial charge in [0.25, 0.3) is 0 Å². The summed E-state index contributed by atoms with van der Waals surface area (Å²) in [4.78, 5) is 14.6. The fourth-order valence-corrected chi connectivity index (χ4v) is 1.54. The Morgan fingerprint density at radius 2 is 2.23 bits per heavy atom. The first kappa shape index (κ1) is 8.53. The van der Waals surface area contributed by atoms with Gasteiger partial charge in [-0.25, -0.2) is 4.98 Å². The number of aromatic nitrogens is 2. The Bertz CT molecular complexity index is 478. The van der Waals surface area contributed by atoms with Crippen molar-refractivity contribution in [2.45, 2.75) is 0 Å². The van der Waals surface area contributed by atoms with E-state index in [1.807, 2.05) is 0 Å². The molecule has 0 unspecified atom stereocenters. The molecule has 0 aromatic carbocycles. The molecule has 0 radical (unpaired) electrons. The van der Waals surface area contributed by atoms with Crippen molar-refractivity contribution in [1.29, 1.82) is 0 Å². The molecule has 0 atom stereocenters. The van der Waals surface area contributed by atoms with Crippen LogP contribution in [0.4, 0.5) is 0 Å². The second kappa shape index (κ2) is 3.01. The van der Waals surface area contributed by atoms with E-state index < -0.39 is 0 Å². The van der Waals surface area contributed by atoms with Crippen molar-refractivity contribution in [3.63, 3.8) is 0 Å². The quantitative estimate of drug-likeness (QED) is 0.684. The molecule has 0 bridgehead atoms. The van der Waals surface area contributed by atoms with Crippen molar-refractivity contribution in [2.75, 3.05) is 0 Å². The van der Waals surface area contributed by atoms with Crippen LogP contribution in [0.5, 0.6) is 0 Å². The number of rotatable bonds is 1. The third-order valence-corrected chi connectivity index (χ3v) is 2.54. The molecule has 2 aromatic heterocycles. The normalized spacial score (nSPS) is 10.6. The molecule has 0 amide bonds. The maximum absolute atomic E-state index is 10.7. The van der Waals surface area contributed by atoms with E-state index >= 15 is 0 Å². The SMILES string of the molecule is O=Cc1c(Cl)c(Cl)cc2cncn12. The highest BCUT2D eigenvalue weighted by Crippen LogP contribution is 2.26. The van der Waals surface area contributed by atoms with Crippen molar-refractivity contribution in [1.82, 2.24) is 9.38 Å². The van der Waals surface area contributed by atoms with Crippen LogP contribution in [0.15, 0.2) is 18.6 Å². The lowest BCUT2D eigenvalue weighted by Gasteiger charge is -2.02. The summed E-state index contributed by atoms with van der Waals surface area (Å²) in [5.74, 6) is 0. The van der Waals surface area contributed by atoms with Crippen LogP contribution in [0.3, 0.4) is 0 Å². The van der Waals surface area contributed by atoms with E-state index in [-0.39, 0.29) is 5.02 Å². The van der Waals surface area contributed by atoms with Gasteiger partial charge in [0.05, 0.1) is 28.1 Å². The fraction of sp³-hybridized carbons (Fsp3) is 0. The van der Waals surface area contributed by atoms with Gasteiger partial charge in [-0.05, 0) is 6.07 Å². The minimum absolute atomic E-state index is 0.252. The molecule has 0 saturated heterocycles. The standard InChI is InChI=1S/C8H4Cl2N2O/c9-6-1-5-2-11-4-12(5)7(3-13)8(6)10/h1-4H. The molecule has 0 saturated carbocycles. The minimum Gasteiger partial charge on any atom is -0.296 e. The van der Waals surface area contributed by atoms with Crippen LogP contribution in [0.25, 0.3) is 5.52 Å². The molecule has 3 nitrogen and oxygen atoms in total. The lowest BCUT2D eigenvalue weighted by Crippen LogP contribution is -1.95. The van der Waals surface area contributed by atoms with Crippen molar-refractivity contribution < 1.29 is 4.79 Å². The molecular weight excluding hydrogens is 211 g/mol. The van der Waals surface area contributed by atoms with E-state index in [1.54, 1.807) is 16.7 Å². The van der Waals surface area contributed by atoms with Gasteiger partial charge in [-0.15, -0.1) is 0 Å². The third-order valence-electron chi connectivity index (χ3n) is 1.75. The number of imidazole rings is 1. The maximum Gasteiger partial charge on any atom is 0.168 e. The Morgan fingerprint density at radius 3 is 2.92 bits per heavy atom. The summed E-state index contributed by atoms with van der Waals surface area (Å²) < 4.78 is 1.58. The molecule has 66 valence electrons. The van der Waals surface area contributed by atoms with Crippen LogP contribution < -0.4 is 0 Å². The molecule has 13 heavy (non-hydrogen) atoms. The summed E-state index contributed by atoms with van der Waals surface area (Å²) in [6.45, 7) is 0. The van der Waals surface area contributed by atoms with Gasteiger partial charge in [-0.2, -0.15) is 0 Å². The van der Waals surface area contributed by atoms with Gasteiger partial charge >= 0.3 is 0 Å². The van der Waals surface area contributed by atoms with Crippen molar-refractivity contribution in [3.05, 3.63) is 34.3 Å². The molecule has 2 aromatic rings. The van der Waals surface area contributed by atoms with Crippen LogP contribution in [-0.2, 0) is 0 Å². The summed E-state index contributed by atoms with van der Waals surface area (Å²) in [6, 6.07) is 1.66. The van der Waals surface area contributed by atoms with E-state index in [0.717, 1.165) is 5.52 Å². The third kappa shape index (κ3) is 1.20. The van der Waals surface area contributed by atoms with Crippen molar-refractivity contribution in [2.24, 2.45) is 0 Å². The van der Waals surface area contributed by atoms with Crippen LogP contribution >= 0.6 is 23.2 Å². The Kier molecular flexibility index (Phi) is 1.98. The number of hydrogen-bond donors (Lipinski definition) is 0. The lowest BCUT2D eigenvalue weighted by atomic mass is 10.3. The zero-order valence-corrected chi connectivity index (χ0v) is 7.88. The Labute approximate surface area is 83.9 Å². The molecule has 0 aliphatic carbocycles. The van der Waals surface area contributed by atoms with E-state index in [9.17, 15) is 4.79 Å². The number of hydrogen-bond acceptors (Lipinski definition) is 2. The Morgan fingerprint density at radius 1 is 1.46 bits per heavy atom. The molecule has 2 heterocycles. The number of aldehydes is 1. The van der Waals surface area contributed by atoms with Crippen molar-refractivity contribution >= 4 is 35.0 Å². The average molecular weight is 215 g/mol. The highest BCUT2D eigenvalue weighted by atomic mass is 35.5.